The predicted octanol–water partition coefficient (Wildman–Crippen LogP) is 2.41. The summed E-state index contributed by atoms with van der Waals surface area (Å²) in [6, 6.07) is 0.540. The van der Waals surface area contributed by atoms with Gasteiger partial charge in [0.25, 0.3) is 0 Å². The van der Waals surface area contributed by atoms with E-state index in [9.17, 15) is 0 Å². The number of hydrogen-bond donors (Lipinski definition) is 1. The van der Waals surface area contributed by atoms with E-state index >= 15 is 0 Å². The zero-order chi connectivity index (χ0) is 8.72. The van der Waals surface area contributed by atoms with Gasteiger partial charge in [0.05, 0.1) is 0 Å². The van der Waals surface area contributed by atoms with Crippen LogP contribution in [-0.2, 0) is 0 Å². The molecule has 1 nitrogen and oxygen atoms in total. The monoisotopic (exact) mass is 167 g/mol. The highest BCUT2D eigenvalue weighted by Gasteiger charge is 2.47. The smallest absolute Gasteiger partial charge is 0.0101 e. The zero-order valence-electron chi connectivity index (χ0n) is 8.29. The van der Waals surface area contributed by atoms with Gasteiger partial charge in [-0.2, -0.15) is 0 Å². The SMILES string of the molecule is CC[C@H]1C2CCCC(C2N)[C@H]1C. The molecule has 3 unspecified atom stereocenters. The molecule has 0 saturated heterocycles. The van der Waals surface area contributed by atoms with Crippen molar-refractivity contribution in [3.8, 4) is 0 Å². The van der Waals surface area contributed by atoms with Crippen LogP contribution in [0.1, 0.15) is 39.5 Å². The molecule has 2 aliphatic carbocycles. The molecule has 70 valence electrons. The quantitative estimate of drug-likeness (QED) is 0.637. The van der Waals surface area contributed by atoms with Crippen LogP contribution in [-0.4, -0.2) is 6.04 Å². The second kappa shape index (κ2) is 3.02. The maximum absolute atomic E-state index is 6.24. The number of hydrogen-bond acceptors (Lipinski definition) is 1. The molecule has 1 heteroatoms. The third-order valence-corrected chi connectivity index (χ3v) is 4.44. The molecule has 0 aromatic heterocycles. The molecule has 2 N–H and O–H groups in total. The van der Waals surface area contributed by atoms with Crippen molar-refractivity contribution in [1.29, 1.82) is 0 Å². The van der Waals surface area contributed by atoms with Crippen LogP contribution < -0.4 is 5.73 Å². The first-order valence-electron chi connectivity index (χ1n) is 5.51. The first-order chi connectivity index (χ1) is 5.75. The molecule has 5 atom stereocenters. The topological polar surface area (TPSA) is 26.0 Å². The van der Waals surface area contributed by atoms with Crippen LogP contribution in [0.3, 0.4) is 0 Å². The Hall–Kier alpha value is -0.0400. The van der Waals surface area contributed by atoms with Gasteiger partial charge in [-0.05, 0) is 36.5 Å². The van der Waals surface area contributed by atoms with Crippen molar-refractivity contribution < 1.29 is 0 Å². The normalized spacial score (nSPS) is 52.8. The zero-order valence-corrected chi connectivity index (χ0v) is 8.29. The van der Waals surface area contributed by atoms with Gasteiger partial charge < -0.3 is 5.73 Å². The predicted molar refractivity (Wildman–Crippen MR) is 51.8 cm³/mol. The van der Waals surface area contributed by atoms with Crippen molar-refractivity contribution in [1.82, 2.24) is 0 Å². The fourth-order valence-corrected chi connectivity index (χ4v) is 3.79. The molecule has 0 aromatic carbocycles. The lowest BCUT2D eigenvalue weighted by molar-refractivity contribution is 0.276. The van der Waals surface area contributed by atoms with Gasteiger partial charge in [0.1, 0.15) is 0 Å². The lowest BCUT2D eigenvalue weighted by Gasteiger charge is -2.27. The molecular weight excluding hydrogens is 146 g/mol. The number of nitrogens with two attached hydrogens (primary N) is 1. The van der Waals surface area contributed by atoms with E-state index < -0.39 is 0 Å². The molecule has 0 heterocycles. The summed E-state index contributed by atoms with van der Waals surface area (Å²) >= 11 is 0. The van der Waals surface area contributed by atoms with E-state index in [0.717, 1.165) is 23.7 Å². The van der Waals surface area contributed by atoms with Crippen molar-refractivity contribution in [2.75, 3.05) is 0 Å². The molecule has 2 saturated carbocycles. The minimum Gasteiger partial charge on any atom is -0.327 e. The van der Waals surface area contributed by atoms with Crippen LogP contribution in [0.25, 0.3) is 0 Å². The number of fused-ring (bicyclic) bond motifs is 2. The van der Waals surface area contributed by atoms with Crippen LogP contribution >= 0.6 is 0 Å². The number of rotatable bonds is 1. The minimum atomic E-state index is 0.540. The molecule has 0 aromatic rings. The lowest BCUT2D eigenvalue weighted by atomic mass is 9.82. The maximum atomic E-state index is 6.24. The van der Waals surface area contributed by atoms with Gasteiger partial charge in [-0.3, -0.25) is 0 Å². The van der Waals surface area contributed by atoms with E-state index in [1.54, 1.807) is 0 Å². The molecule has 2 rings (SSSR count). The summed E-state index contributed by atoms with van der Waals surface area (Å²) in [5.74, 6) is 3.56. The molecule has 0 radical (unpaired) electrons. The Morgan fingerprint density at radius 2 is 1.92 bits per heavy atom. The fourth-order valence-electron chi connectivity index (χ4n) is 3.79. The summed E-state index contributed by atoms with van der Waals surface area (Å²) in [7, 11) is 0. The summed E-state index contributed by atoms with van der Waals surface area (Å²) in [6.45, 7) is 4.75. The van der Waals surface area contributed by atoms with Gasteiger partial charge in [0.2, 0.25) is 0 Å². The van der Waals surface area contributed by atoms with Gasteiger partial charge >= 0.3 is 0 Å². The Bertz CT molecular complexity index is 166. The molecule has 0 amide bonds. The second-order valence-corrected chi connectivity index (χ2v) is 4.77. The summed E-state index contributed by atoms with van der Waals surface area (Å²) in [5, 5.41) is 0. The van der Waals surface area contributed by atoms with Crippen molar-refractivity contribution in [3.05, 3.63) is 0 Å². The van der Waals surface area contributed by atoms with Crippen LogP contribution in [0.5, 0.6) is 0 Å². The molecule has 12 heavy (non-hydrogen) atoms. The average Bonchev–Trinajstić information content (AvgIpc) is 2.22. The van der Waals surface area contributed by atoms with Gasteiger partial charge in [-0.1, -0.05) is 26.7 Å². The standard InChI is InChI=1S/C11H21N/c1-3-8-7(2)9-5-4-6-10(8)11(9)12/h7-11H,3-6,12H2,1-2H3/t7-,8+,9?,10?,11?/m0/s1. The van der Waals surface area contributed by atoms with Crippen LogP contribution in [0.2, 0.25) is 0 Å². The molecule has 0 spiro atoms. The van der Waals surface area contributed by atoms with Crippen molar-refractivity contribution in [2.45, 2.75) is 45.6 Å². The Labute approximate surface area is 75.7 Å². The maximum Gasteiger partial charge on any atom is 0.0101 e. The summed E-state index contributed by atoms with van der Waals surface area (Å²) < 4.78 is 0. The van der Waals surface area contributed by atoms with E-state index in [0.29, 0.717) is 6.04 Å². The third kappa shape index (κ3) is 1.02. The fraction of sp³-hybridized carbons (Fsp3) is 1.00. The van der Waals surface area contributed by atoms with Gasteiger partial charge in [-0.25, -0.2) is 0 Å². The first kappa shape index (κ1) is 8.55. The highest BCUT2D eigenvalue weighted by molar-refractivity contribution is 4.99. The van der Waals surface area contributed by atoms with Crippen molar-refractivity contribution in [3.63, 3.8) is 0 Å². The van der Waals surface area contributed by atoms with E-state index in [2.05, 4.69) is 13.8 Å². The summed E-state index contributed by atoms with van der Waals surface area (Å²) in [5.41, 5.74) is 6.24. The lowest BCUT2D eigenvalue weighted by Crippen LogP contribution is -2.36. The Kier molecular flexibility index (Phi) is 2.16. The van der Waals surface area contributed by atoms with Gasteiger partial charge in [0.15, 0.2) is 0 Å². The largest absolute Gasteiger partial charge is 0.327 e. The molecule has 0 aliphatic heterocycles. The first-order valence-corrected chi connectivity index (χ1v) is 5.51. The van der Waals surface area contributed by atoms with E-state index in [-0.39, 0.29) is 0 Å². The Morgan fingerprint density at radius 1 is 1.25 bits per heavy atom. The van der Waals surface area contributed by atoms with E-state index in [1.807, 2.05) is 0 Å². The Balaban J connectivity index is 2.18. The highest BCUT2D eigenvalue weighted by atomic mass is 14.7. The van der Waals surface area contributed by atoms with Crippen LogP contribution in [0.4, 0.5) is 0 Å². The van der Waals surface area contributed by atoms with E-state index in [4.69, 9.17) is 5.73 Å². The highest BCUT2D eigenvalue weighted by Crippen LogP contribution is 2.49. The third-order valence-electron chi connectivity index (χ3n) is 4.44. The molecular formula is C11H21N. The van der Waals surface area contributed by atoms with Crippen molar-refractivity contribution >= 4 is 0 Å². The van der Waals surface area contributed by atoms with E-state index in [1.165, 1.54) is 25.7 Å². The molecule has 2 fully saturated rings. The molecule has 2 bridgehead atoms. The van der Waals surface area contributed by atoms with Crippen LogP contribution in [0, 0.1) is 23.7 Å². The summed E-state index contributed by atoms with van der Waals surface area (Å²) in [6.07, 6.45) is 5.58. The summed E-state index contributed by atoms with van der Waals surface area (Å²) in [4.78, 5) is 0. The second-order valence-electron chi connectivity index (χ2n) is 4.77. The minimum absolute atomic E-state index is 0.540. The molecule has 2 aliphatic rings. The van der Waals surface area contributed by atoms with Gasteiger partial charge in [-0.15, -0.1) is 0 Å². The average molecular weight is 167 g/mol. The van der Waals surface area contributed by atoms with Crippen LogP contribution in [0.15, 0.2) is 0 Å². The van der Waals surface area contributed by atoms with Gasteiger partial charge in [0, 0.05) is 6.04 Å². The van der Waals surface area contributed by atoms with Crippen molar-refractivity contribution in [2.24, 2.45) is 29.4 Å². The Morgan fingerprint density at radius 3 is 2.50 bits per heavy atom.